The summed E-state index contributed by atoms with van der Waals surface area (Å²) in [6.07, 6.45) is -2.88. The van der Waals surface area contributed by atoms with E-state index in [9.17, 15) is 27.6 Å². The number of nitrogens with zero attached hydrogens (tertiary/aromatic N) is 2. The Morgan fingerprint density at radius 2 is 1.61 bits per heavy atom. The van der Waals surface area contributed by atoms with Gasteiger partial charge in [0.2, 0.25) is 0 Å². The van der Waals surface area contributed by atoms with Crippen LogP contribution >= 0.6 is 0 Å². The van der Waals surface area contributed by atoms with Crippen molar-refractivity contribution in [1.82, 2.24) is 9.47 Å². The average Bonchev–Trinajstić information content (AvgIpc) is 3.16. The summed E-state index contributed by atoms with van der Waals surface area (Å²) in [6, 6.07) is 7.46. The van der Waals surface area contributed by atoms with Crippen LogP contribution in [-0.4, -0.2) is 34.4 Å². The van der Waals surface area contributed by atoms with Gasteiger partial charge in [-0.15, -0.1) is 0 Å². The molecular weight excluding hydrogens is 375 g/mol. The van der Waals surface area contributed by atoms with Crippen LogP contribution in [0.2, 0.25) is 0 Å². The van der Waals surface area contributed by atoms with Crippen molar-refractivity contribution in [2.24, 2.45) is 5.73 Å². The normalized spacial score (nSPS) is 14.3. The Morgan fingerprint density at radius 1 is 1.00 bits per heavy atom. The second-order valence-corrected chi connectivity index (χ2v) is 6.58. The minimum Gasteiger partial charge on any atom is -0.365 e. The van der Waals surface area contributed by atoms with Gasteiger partial charge in [-0.05, 0) is 42.7 Å². The lowest BCUT2D eigenvalue weighted by molar-refractivity contribution is -0.144. The van der Waals surface area contributed by atoms with Gasteiger partial charge in [-0.25, -0.2) is 0 Å². The Kier molecular flexibility index (Phi) is 5.26. The first kappa shape index (κ1) is 19.7. The van der Waals surface area contributed by atoms with Crippen molar-refractivity contribution < 1.29 is 22.8 Å². The van der Waals surface area contributed by atoms with Gasteiger partial charge in [-0.2, -0.15) is 13.2 Å². The molecule has 0 atom stereocenters. The van der Waals surface area contributed by atoms with Crippen LogP contribution in [0, 0.1) is 0 Å². The Labute approximate surface area is 158 Å². The van der Waals surface area contributed by atoms with E-state index in [1.54, 1.807) is 4.90 Å². The van der Waals surface area contributed by atoms with E-state index in [-0.39, 0.29) is 5.91 Å². The van der Waals surface area contributed by atoms with Gasteiger partial charge < -0.3 is 10.6 Å². The van der Waals surface area contributed by atoms with Crippen LogP contribution in [0.15, 0.2) is 41.2 Å². The number of aromatic nitrogens is 1. The van der Waals surface area contributed by atoms with Crippen LogP contribution in [0.25, 0.3) is 0 Å². The average molecular weight is 393 g/mol. The van der Waals surface area contributed by atoms with E-state index in [4.69, 9.17) is 5.73 Å². The molecule has 1 aliphatic heterocycles. The molecule has 0 radical (unpaired) electrons. The number of carbonyl (C=O) groups excluding carboxylic acids is 2. The molecule has 2 amide bonds. The molecule has 0 spiro atoms. The van der Waals surface area contributed by atoms with E-state index < -0.39 is 35.4 Å². The number of nitrogens with two attached hydrogens (primary N) is 1. The maximum Gasteiger partial charge on any atom is 0.431 e. The first-order valence-electron chi connectivity index (χ1n) is 8.67. The third kappa shape index (κ3) is 3.92. The number of hydrogen-bond donors (Lipinski definition) is 1. The largest absolute Gasteiger partial charge is 0.431 e. The lowest BCUT2D eigenvalue weighted by Crippen LogP contribution is -2.34. The van der Waals surface area contributed by atoms with Crippen LogP contribution in [0.5, 0.6) is 0 Å². The van der Waals surface area contributed by atoms with Crippen molar-refractivity contribution in [3.05, 3.63) is 69.1 Å². The minimum atomic E-state index is -4.78. The van der Waals surface area contributed by atoms with Gasteiger partial charge in [0.25, 0.3) is 17.4 Å². The number of primary amides is 1. The van der Waals surface area contributed by atoms with Crippen LogP contribution in [0.4, 0.5) is 13.2 Å². The maximum absolute atomic E-state index is 13.3. The van der Waals surface area contributed by atoms with Gasteiger partial charge in [0, 0.05) is 18.7 Å². The second-order valence-electron chi connectivity index (χ2n) is 6.58. The summed E-state index contributed by atoms with van der Waals surface area (Å²) in [4.78, 5) is 37.7. The number of carbonyl (C=O) groups is 2. The van der Waals surface area contributed by atoms with E-state index in [1.807, 2.05) is 0 Å². The Balaban J connectivity index is 1.92. The third-order valence-corrected chi connectivity index (χ3v) is 4.66. The highest BCUT2D eigenvalue weighted by Crippen LogP contribution is 2.29. The highest BCUT2D eigenvalue weighted by atomic mass is 19.4. The lowest BCUT2D eigenvalue weighted by atomic mass is 10.1. The van der Waals surface area contributed by atoms with Crippen molar-refractivity contribution in [3.8, 4) is 0 Å². The standard InChI is InChI=1S/C19H18F3N3O3/c20-19(21,22)15-8-7-14(16(23)26)18(28)25(15)11-12-3-5-13(6-4-12)17(27)24-9-1-2-10-24/h3-8H,1-2,9-11H2,(H2,23,26). The number of amides is 2. The molecule has 2 N–H and O–H groups in total. The summed E-state index contributed by atoms with van der Waals surface area (Å²) in [6.45, 7) is 0.961. The Hall–Kier alpha value is -3.10. The monoisotopic (exact) mass is 393 g/mol. The van der Waals surface area contributed by atoms with Crippen LogP contribution in [0.3, 0.4) is 0 Å². The molecule has 0 unspecified atom stereocenters. The first-order chi connectivity index (χ1) is 13.2. The van der Waals surface area contributed by atoms with E-state index in [0.29, 0.717) is 34.8 Å². The van der Waals surface area contributed by atoms with Gasteiger partial charge >= 0.3 is 6.18 Å². The van der Waals surface area contributed by atoms with E-state index in [2.05, 4.69) is 0 Å². The van der Waals surface area contributed by atoms with Gasteiger partial charge in [0.05, 0.1) is 6.54 Å². The molecule has 3 rings (SSSR count). The van der Waals surface area contributed by atoms with E-state index >= 15 is 0 Å². The molecular formula is C19H18F3N3O3. The number of benzene rings is 1. The second kappa shape index (κ2) is 7.49. The van der Waals surface area contributed by atoms with Gasteiger partial charge in [0.1, 0.15) is 11.3 Å². The number of likely N-dealkylation sites (tertiary alicyclic amines) is 1. The number of hydrogen-bond acceptors (Lipinski definition) is 3. The van der Waals surface area contributed by atoms with Crippen molar-refractivity contribution in [1.29, 1.82) is 0 Å². The van der Waals surface area contributed by atoms with Crippen molar-refractivity contribution in [3.63, 3.8) is 0 Å². The summed E-state index contributed by atoms with van der Waals surface area (Å²) in [5, 5.41) is 0. The smallest absolute Gasteiger partial charge is 0.365 e. The van der Waals surface area contributed by atoms with Crippen LogP contribution < -0.4 is 11.3 Å². The highest BCUT2D eigenvalue weighted by Gasteiger charge is 2.35. The predicted molar refractivity (Wildman–Crippen MR) is 94.9 cm³/mol. The summed E-state index contributed by atoms with van der Waals surface area (Å²) in [7, 11) is 0. The molecule has 1 aromatic carbocycles. The molecule has 148 valence electrons. The molecule has 0 bridgehead atoms. The van der Waals surface area contributed by atoms with E-state index in [1.165, 1.54) is 24.3 Å². The number of alkyl halides is 3. The van der Waals surface area contributed by atoms with E-state index in [0.717, 1.165) is 18.9 Å². The van der Waals surface area contributed by atoms with Crippen molar-refractivity contribution >= 4 is 11.8 Å². The predicted octanol–water partition coefficient (Wildman–Crippen LogP) is 2.25. The molecule has 1 aliphatic rings. The summed E-state index contributed by atoms with van der Waals surface area (Å²) >= 11 is 0. The van der Waals surface area contributed by atoms with Crippen molar-refractivity contribution in [2.45, 2.75) is 25.6 Å². The zero-order valence-corrected chi connectivity index (χ0v) is 14.8. The summed E-state index contributed by atoms with van der Waals surface area (Å²) in [5.74, 6) is -1.23. The number of rotatable bonds is 4. The molecule has 6 nitrogen and oxygen atoms in total. The van der Waals surface area contributed by atoms with Gasteiger partial charge in [-0.3, -0.25) is 19.0 Å². The molecule has 1 aromatic heterocycles. The highest BCUT2D eigenvalue weighted by molar-refractivity contribution is 5.94. The van der Waals surface area contributed by atoms with Crippen molar-refractivity contribution in [2.75, 3.05) is 13.1 Å². The fourth-order valence-electron chi connectivity index (χ4n) is 3.21. The van der Waals surface area contributed by atoms with Crippen LogP contribution in [0.1, 0.15) is 44.8 Å². The molecule has 0 aliphatic carbocycles. The number of pyridine rings is 1. The Bertz CT molecular complexity index is 959. The molecule has 0 saturated carbocycles. The molecule has 2 aromatic rings. The minimum absolute atomic E-state index is 0.132. The number of halogens is 3. The van der Waals surface area contributed by atoms with Gasteiger partial charge in [-0.1, -0.05) is 12.1 Å². The molecule has 2 heterocycles. The zero-order valence-electron chi connectivity index (χ0n) is 14.8. The van der Waals surface area contributed by atoms with Gasteiger partial charge in [0.15, 0.2) is 0 Å². The summed E-state index contributed by atoms with van der Waals surface area (Å²) in [5.41, 5.74) is 3.07. The quantitative estimate of drug-likeness (QED) is 0.865. The topological polar surface area (TPSA) is 85.4 Å². The molecule has 1 saturated heterocycles. The Morgan fingerprint density at radius 3 is 2.14 bits per heavy atom. The first-order valence-corrected chi connectivity index (χ1v) is 8.67. The summed E-state index contributed by atoms with van der Waals surface area (Å²) < 4.78 is 40.3. The molecule has 9 heteroatoms. The molecule has 28 heavy (non-hydrogen) atoms. The fraction of sp³-hybridized carbons (Fsp3) is 0.316. The third-order valence-electron chi connectivity index (χ3n) is 4.66. The zero-order chi connectivity index (χ0) is 20.5. The molecule has 1 fully saturated rings. The lowest BCUT2D eigenvalue weighted by Gasteiger charge is -2.17. The SMILES string of the molecule is NC(=O)c1ccc(C(F)(F)F)n(Cc2ccc(C(=O)N3CCCC3)cc2)c1=O. The fourth-order valence-corrected chi connectivity index (χ4v) is 3.21. The maximum atomic E-state index is 13.3. The van der Waals surface area contributed by atoms with Crippen LogP contribution in [-0.2, 0) is 12.7 Å².